The molecule has 0 aromatic heterocycles. The molecule has 2 rings (SSSR count). The van der Waals surface area contributed by atoms with Crippen molar-refractivity contribution in [1.82, 2.24) is 5.32 Å². The number of rotatable bonds is 2. The van der Waals surface area contributed by atoms with Crippen molar-refractivity contribution in [2.75, 3.05) is 6.54 Å². The van der Waals surface area contributed by atoms with Crippen molar-refractivity contribution in [2.45, 2.75) is 123 Å². The molecule has 0 radical (unpaired) electrons. The number of nitrogens with one attached hydrogen (secondary N) is 1. The summed E-state index contributed by atoms with van der Waals surface area (Å²) in [5.41, 5.74) is 0.612. The highest BCUT2D eigenvalue weighted by atomic mass is 14.9. The Bertz CT molecular complexity index is 312. The van der Waals surface area contributed by atoms with Crippen LogP contribution >= 0.6 is 0 Å². The van der Waals surface area contributed by atoms with Crippen LogP contribution in [-0.4, -0.2) is 12.6 Å². The van der Waals surface area contributed by atoms with Crippen molar-refractivity contribution in [1.29, 1.82) is 0 Å². The van der Waals surface area contributed by atoms with Crippen LogP contribution in [0.2, 0.25) is 0 Å². The van der Waals surface area contributed by atoms with Gasteiger partial charge < -0.3 is 5.32 Å². The summed E-state index contributed by atoms with van der Waals surface area (Å²) in [7, 11) is 0. The summed E-state index contributed by atoms with van der Waals surface area (Å²) in [6, 6.07) is 0.811. The van der Waals surface area contributed by atoms with E-state index in [2.05, 4.69) is 26.1 Å². The van der Waals surface area contributed by atoms with Crippen molar-refractivity contribution in [3.05, 3.63) is 0 Å². The minimum Gasteiger partial charge on any atom is -0.314 e. The van der Waals surface area contributed by atoms with Crippen LogP contribution in [0.3, 0.4) is 0 Å². The molecule has 142 valence electrons. The van der Waals surface area contributed by atoms with Crippen LogP contribution in [0.4, 0.5) is 0 Å². The largest absolute Gasteiger partial charge is 0.314 e. The third-order valence-corrected chi connectivity index (χ3v) is 7.38. The molecule has 1 aliphatic heterocycles. The van der Waals surface area contributed by atoms with E-state index in [9.17, 15) is 0 Å². The maximum Gasteiger partial charge on any atom is 0.00953 e. The maximum atomic E-state index is 4.02. The lowest BCUT2D eigenvalue weighted by Crippen LogP contribution is -2.38. The average molecular weight is 336 g/mol. The lowest BCUT2D eigenvalue weighted by molar-refractivity contribution is 0.212. The fraction of sp³-hybridized carbons (Fsp3) is 1.00. The first kappa shape index (κ1) is 20.3. The fourth-order valence-electron chi connectivity index (χ4n) is 5.20. The molecule has 2 fully saturated rings. The Hall–Kier alpha value is -0.0400. The molecule has 1 aliphatic carbocycles. The molecule has 1 heteroatoms. The van der Waals surface area contributed by atoms with E-state index in [4.69, 9.17) is 0 Å². The highest BCUT2D eigenvalue weighted by Gasteiger charge is 2.25. The molecule has 1 heterocycles. The Labute approximate surface area is 152 Å². The van der Waals surface area contributed by atoms with Crippen molar-refractivity contribution in [3.8, 4) is 0 Å². The van der Waals surface area contributed by atoms with Crippen molar-refractivity contribution in [3.63, 3.8) is 0 Å². The van der Waals surface area contributed by atoms with E-state index in [0.717, 1.165) is 17.9 Å². The molecule has 0 aromatic carbocycles. The Morgan fingerprint density at radius 2 is 1.46 bits per heavy atom. The minimum absolute atomic E-state index is 0.612. The van der Waals surface area contributed by atoms with Gasteiger partial charge in [0, 0.05) is 6.04 Å². The van der Waals surface area contributed by atoms with Gasteiger partial charge in [-0.05, 0) is 62.3 Å². The zero-order valence-corrected chi connectivity index (χ0v) is 17.0. The minimum atomic E-state index is 0.612. The fourth-order valence-corrected chi connectivity index (χ4v) is 5.20. The van der Waals surface area contributed by atoms with E-state index in [-0.39, 0.29) is 0 Å². The molecule has 1 saturated heterocycles. The predicted octanol–water partition coefficient (Wildman–Crippen LogP) is 7.10. The Morgan fingerprint density at radius 1 is 0.792 bits per heavy atom. The molecule has 4 unspecified atom stereocenters. The molecule has 0 bridgehead atoms. The van der Waals surface area contributed by atoms with Crippen LogP contribution in [0, 0.1) is 17.3 Å². The molecule has 0 spiro atoms. The van der Waals surface area contributed by atoms with Crippen LogP contribution < -0.4 is 5.32 Å². The van der Waals surface area contributed by atoms with E-state index < -0.39 is 0 Å². The first-order chi connectivity index (χ1) is 11.6. The molecular weight excluding hydrogens is 290 g/mol. The monoisotopic (exact) mass is 335 g/mol. The molecule has 1 saturated carbocycles. The number of hydrogen-bond donors (Lipinski definition) is 1. The standard InChI is InChI=1S/C23H45N/c1-4-23(3)17-9-8-16-22(24-19-11-18-23)21-14-7-5-6-12-20(2)13-10-15-21/h20-22,24H,4-19H2,1-3H3. The van der Waals surface area contributed by atoms with Gasteiger partial charge in [-0.2, -0.15) is 0 Å². The second-order valence-electron chi connectivity index (χ2n) is 9.51. The third kappa shape index (κ3) is 7.06. The van der Waals surface area contributed by atoms with Gasteiger partial charge in [-0.3, -0.25) is 0 Å². The second-order valence-corrected chi connectivity index (χ2v) is 9.51. The molecule has 0 aromatic rings. The van der Waals surface area contributed by atoms with Gasteiger partial charge in [0.2, 0.25) is 0 Å². The molecule has 1 N–H and O–H groups in total. The van der Waals surface area contributed by atoms with E-state index in [1.807, 2.05) is 0 Å². The van der Waals surface area contributed by atoms with Gasteiger partial charge in [-0.25, -0.2) is 0 Å². The topological polar surface area (TPSA) is 12.0 Å². The average Bonchev–Trinajstić information content (AvgIpc) is 2.59. The lowest BCUT2D eigenvalue weighted by Gasteiger charge is -2.34. The van der Waals surface area contributed by atoms with E-state index in [0.29, 0.717) is 5.41 Å². The predicted molar refractivity (Wildman–Crippen MR) is 107 cm³/mol. The van der Waals surface area contributed by atoms with Crippen LogP contribution in [-0.2, 0) is 0 Å². The Kier molecular flexibility index (Phi) is 9.16. The SMILES string of the molecule is CCC1(C)CCCCC(C2CCCCCC(C)CCC2)NCCC1. The van der Waals surface area contributed by atoms with Crippen LogP contribution in [0.25, 0.3) is 0 Å². The molecule has 4 atom stereocenters. The highest BCUT2D eigenvalue weighted by Crippen LogP contribution is 2.35. The zero-order chi connectivity index (χ0) is 17.3. The summed E-state index contributed by atoms with van der Waals surface area (Å²) in [4.78, 5) is 0. The molecule has 0 amide bonds. The van der Waals surface area contributed by atoms with Gasteiger partial charge in [0.15, 0.2) is 0 Å². The summed E-state index contributed by atoms with van der Waals surface area (Å²) in [6.45, 7) is 8.65. The Morgan fingerprint density at radius 3 is 2.29 bits per heavy atom. The van der Waals surface area contributed by atoms with Crippen LogP contribution in [0.5, 0.6) is 0 Å². The highest BCUT2D eigenvalue weighted by molar-refractivity contribution is 4.81. The second kappa shape index (κ2) is 10.8. The summed E-state index contributed by atoms with van der Waals surface area (Å²) in [5, 5.41) is 4.02. The lowest BCUT2D eigenvalue weighted by atomic mass is 9.77. The molecule has 1 nitrogen and oxygen atoms in total. The van der Waals surface area contributed by atoms with Crippen LogP contribution in [0.15, 0.2) is 0 Å². The van der Waals surface area contributed by atoms with E-state index in [1.165, 1.54) is 103 Å². The molecular formula is C23H45N. The maximum absolute atomic E-state index is 4.02. The van der Waals surface area contributed by atoms with Crippen molar-refractivity contribution >= 4 is 0 Å². The number of hydrogen-bond acceptors (Lipinski definition) is 1. The van der Waals surface area contributed by atoms with Gasteiger partial charge in [0.05, 0.1) is 0 Å². The normalized spacial score (nSPS) is 38.4. The van der Waals surface area contributed by atoms with Gasteiger partial charge in [-0.1, -0.05) is 78.6 Å². The summed E-state index contributed by atoms with van der Waals surface area (Å²) >= 11 is 0. The zero-order valence-electron chi connectivity index (χ0n) is 17.0. The van der Waals surface area contributed by atoms with Crippen molar-refractivity contribution < 1.29 is 0 Å². The summed E-state index contributed by atoms with van der Waals surface area (Å²) in [5.74, 6) is 1.92. The van der Waals surface area contributed by atoms with Crippen molar-refractivity contribution in [2.24, 2.45) is 17.3 Å². The van der Waals surface area contributed by atoms with Gasteiger partial charge in [0.25, 0.3) is 0 Å². The summed E-state index contributed by atoms with van der Waals surface area (Å²) < 4.78 is 0. The Balaban J connectivity index is 1.86. The van der Waals surface area contributed by atoms with Gasteiger partial charge in [-0.15, -0.1) is 0 Å². The van der Waals surface area contributed by atoms with Crippen LogP contribution in [0.1, 0.15) is 117 Å². The van der Waals surface area contributed by atoms with E-state index >= 15 is 0 Å². The first-order valence-corrected chi connectivity index (χ1v) is 11.4. The quantitative estimate of drug-likeness (QED) is 0.567. The third-order valence-electron chi connectivity index (χ3n) is 7.38. The first-order valence-electron chi connectivity index (χ1n) is 11.4. The smallest absolute Gasteiger partial charge is 0.00953 e. The molecule has 24 heavy (non-hydrogen) atoms. The van der Waals surface area contributed by atoms with E-state index in [1.54, 1.807) is 0 Å². The molecule has 2 aliphatic rings. The summed E-state index contributed by atoms with van der Waals surface area (Å²) in [6.07, 6.45) is 21.7. The van der Waals surface area contributed by atoms with Gasteiger partial charge in [0.1, 0.15) is 0 Å². The van der Waals surface area contributed by atoms with Gasteiger partial charge >= 0.3 is 0 Å².